The minimum absolute atomic E-state index is 0.815. The van der Waals surface area contributed by atoms with Gasteiger partial charge in [0.25, 0.3) is 0 Å². The molecule has 0 aliphatic carbocycles. The standard InChI is InChI=1S/C10H12Cl/c1-2-3-5-9-6-4-7-10(11)8-9/h4-8H,2-3H2,1H3. The Labute approximate surface area is 73.2 Å². The minimum atomic E-state index is 0.815. The molecule has 11 heavy (non-hydrogen) atoms. The lowest BCUT2D eigenvalue weighted by Crippen LogP contribution is -1.79. The topological polar surface area (TPSA) is 0 Å². The highest BCUT2D eigenvalue weighted by Crippen LogP contribution is 2.13. The molecular weight excluding hydrogens is 156 g/mol. The van der Waals surface area contributed by atoms with Crippen LogP contribution in [-0.4, -0.2) is 0 Å². The first-order valence-corrected chi connectivity index (χ1v) is 4.29. The van der Waals surface area contributed by atoms with Crippen LogP contribution in [0.3, 0.4) is 0 Å². The van der Waals surface area contributed by atoms with Crippen molar-refractivity contribution in [2.75, 3.05) is 0 Å². The van der Waals surface area contributed by atoms with Crippen LogP contribution in [0.25, 0.3) is 0 Å². The van der Waals surface area contributed by atoms with Gasteiger partial charge >= 0.3 is 0 Å². The molecule has 0 spiro atoms. The van der Waals surface area contributed by atoms with Crippen molar-refractivity contribution in [1.29, 1.82) is 0 Å². The van der Waals surface area contributed by atoms with Gasteiger partial charge in [0.2, 0.25) is 0 Å². The summed E-state index contributed by atoms with van der Waals surface area (Å²) in [6, 6.07) is 7.92. The molecule has 0 N–H and O–H groups in total. The summed E-state index contributed by atoms with van der Waals surface area (Å²) in [6.07, 6.45) is 4.51. The molecule has 0 saturated carbocycles. The van der Waals surface area contributed by atoms with Crippen LogP contribution in [0.15, 0.2) is 24.3 Å². The molecule has 0 heterocycles. The Balaban J connectivity index is 2.56. The third-order valence-corrected chi connectivity index (χ3v) is 1.75. The number of benzene rings is 1. The largest absolute Gasteiger partial charge is 0.0843 e. The van der Waals surface area contributed by atoms with Gasteiger partial charge < -0.3 is 0 Å². The highest BCUT2D eigenvalue weighted by Gasteiger charge is 1.92. The van der Waals surface area contributed by atoms with Crippen molar-refractivity contribution in [3.63, 3.8) is 0 Å². The molecule has 1 rings (SSSR count). The van der Waals surface area contributed by atoms with E-state index >= 15 is 0 Å². The van der Waals surface area contributed by atoms with Gasteiger partial charge in [0.05, 0.1) is 0 Å². The molecule has 0 aliphatic rings. The fourth-order valence-corrected chi connectivity index (χ4v) is 1.14. The summed E-state index contributed by atoms with van der Waals surface area (Å²) in [6.45, 7) is 2.17. The Bertz CT molecular complexity index is 218. The average Bonchev–Trinajstić information content (AvgIpc) is 2.01. The van der Waals surface area contributed by atoms with E-state index in [2.05, 4.69) is 19.4 Å². The van der Waals surface area contributed by atoms with Crippen molar-refractivity contribution in [3.8, 4) is 0 Å². The molecule has 0 amide bonds. The zero-order chi connectivity index (χ0) is 8.10. The van der Waals surface area contributed by atoms with Gasteiger partial charge in [-0.3, -0.25) is 0 Å². The van der Waals surface area contributed by atoms with E-state index in [1.165, 1.54) is 12.0 Å². The first-order valence-electron chi connectivity index (χ1n) is 3.91. The predicted molar refractivity (Wildman–Crippen MR) is 49.8 cm³/mol. The fraction of sp³-hybridized carbons (Fsp3) is 0.300. The van der Waals surface area contributed by atoms with Crippen molar-refractivity contribution in [1.82, 2.24) is 0 Å². The molecule has 0 fully saturated rings. The van der Waals surface area contributed by atoms with Crippen LogP contribution in [0, 0.1) is 6.42 Å². The molecule has 0 nitrogen and oxygen atoms in total. The summed E-state index contributed by atoms with van der Waals surface area (Å²) < 4.78 is 0. The van der Waals surface area contributed by atoms with Gasteiger partial charge in [-0.15, -0.1) is 0 Å². The Morgan fingerprint density at radius 3 is 2.91 bits per heavy atom. The quantitative estimate of drug-likeness (QED) is 0.644. The summed E-state index contributed by atoms with van der Waals surface area (Å²) in [5.41, 5.74) is 1.22. The summed E-state index contributed by atoms with van der Waals surface area (Å²) >= 11 is 5.80. The van der Waals surface area contributed by atoms with E-state index in [-0.39, 0.29) is 0 Å². The second kappa shape index (κ2) is 4.40. The number of rotatable bonds is 3. The second-order valence-corrected chi connectivity index (χ2v) is 2.98. The van der Waals surface area contributed by atoms with Crippen molar-refractivity contribution >= 4 is 11.6 Å². The van der Waals surface area contributed by atoms with Gasteiger partial charge in [0.1, 0.15) is 0 Å². The maximum absolute atomic E-state index is 5.80. The Morgan fingerprint density at radius 2 is 2.27 bits per heavy atom. The maximum atomic E-state index is 5.80. The predicted octanol–water partition coefficient (Wildman–Crippen LogP) is 3.69. The molecule has 0 saturated heterocycles. The van der Waals surface area contributed by atoms with E-state index in [9.17, 15) is 0 Å². The molecule has 1 aromatic carbocycles. The number of hydrogen-bond donors (Lipinski definition) is 0. The fourth-order valence-electron chi connectivity index (χ4n) is 0.945. The van der Waals surface area contributed by atoms with Crippen molar-refractivity contribution in [2.24, 2.45) is 0 Å². The molecule has 1 aromatic rings. The summed E-state index contributed by atoms with van der Waals surface area (Å²) in [5.74, 6) is 0. The van der Waals surface area contributed by atoms with E-state index in [4.69, 9.17) is 11.6 Å². The summed E-state index contributed by atoms with van der Waals surface area (Å²) in [7, 11) is 0. The van der Waals surface area contributed by atoms with E-state index in [0.717, 1.165) is 11.4 Å². The van der Waals surface area contributed by atoms with Gasteiger partial charge in [0, 0.05) is 5.02 Å². The van der Waals surface area contributed by atoms with E-state index in [0.29, 0.717) is 0 Å². The molecule has 0 unspecified atom stereocenters. The highest BCUT2D eigenvalue weighted by molar-refractivity contribution is 6.30. The van der Waals surface area contributed by atoms with Gasteiger partial charge in [-0.25, -0.2) is 0 Å². The van der Waals surface area contributed by atoms with Crippen LogP contribution in [0.1, 0.15) is 25.3 Å². The molecule has 1 radical (unpaired) electrons. The number of unbranched alkanes of at least 4 members (excludes halogenated alkanes) is 1. The average molecular weight is 168 g/mol. The lowest BCUT2D eigenvalue weighted by atomic mass is 10.1. The first kappa shape index (κ1) is 8.61. The lowest BCUT2D eigenvalue weighted by molar-refractivity contribution is 0.914. The van der Waals surface area contributed by atoms with Crippen LogP contribution >= 0.6 is 11.6 Å². The molecule has 1 heteroatoms. The second-order valence-electron chi connectivity index (χ2n) is 2.55. The lowest BCUT2D eigenvalue weighted by Gasteiger charge is -1.98. The molecular formula is C10H12Cl. The van der Waals surface area contributed by atoms with Crippen LogP contribution in [0.5, 0.6) is 0 Å². The van der Waals surface area contributed by atoms with E-state index < -0.39 is 0 Å². The van der Waals surface area contributed by atoms with Gasteiger partial charge in [-0.05, 0) is 30.5 Å². The molecule has 0 bridgehead atoms. The van der Waals surface area contributed by atoms with E-state index in [1.54, 1.807) is 0 Å². The van der Waals surface area contributed by atoms with Gasteiger partial charge in [-0.1, -0.05) is 37.1 Å². The molecule has 59 valence electrons. The summed E-state index contributed by atoms with van der Waals surface area (Å²) in [5, 5.41) is 0.815. The van der Waals surface area contributed by atoms with E-state index in [1.807, 2.05) is 18.2 Å². The first-order chi connectivity index (χ1) is 5.33. The van der Waals surface area contributed by atoms with Crippen LogP contribution < -0.4 is 0 Å². The van der Waals surface area contributed by atoms with Crippen molar-refractivity contribution in [2.45, 2.75) is 19.8 Å². The van der Waals surface area contributed by atoms with Crippen LogP contribution in [-0.2, 0) is 0 Å². The van der Waals surface area contributed by atoms with Gasteiger partial charge in [0.15, 0.2) is 0 Å². The number of hydrogen-bond acceptors (Lipinski definition) is 0. The summed E-state index contributed by atoms with van der Waals surface area (Å²) in [4.78, 5) is 0. The zero-order valence-electron chi connectivity index (χ0n) is 6.68. The Morgan fingerprint density at radius 1 is 1.45 bits per heavy atom. The van der Waals surface area contributed by atoms with Crippen LogP contribution in [0.2, 0.25) is 5.02 Å². The Hall–Kier alpha value is -0.490. The minimum Gasteiger partial charge on any atom is -0.0843 e. The van der Waals surface area contributed by atoms with Gasteiger partial charge in [-0.2, -0.15) is 0 Å². The maximum Gasteiger partial charge on any atom is 0.0408 e. The molecule has 0 aromatic heterocycles. The number of halogens is 1. The third kappa shape index (κ3) is 2.94. The monoisotopic (exact) mass is 167 g/mol. The van der Waals surface area contributed by atoms with Crippen LogP contribution in [0.4, 0.5) is 0 Å². The molecule has 0 atom stereocenters. The highest BCUT2D eigenvalue weighted by atomic mass is 35.5. The van der Waals surface area contributed by atoms with Crippen molar-refractivity contribution < 1.29 is 0 Å². The zero-order valence-corrected chi connectivity index (χ0v) is 7.43. The smallest absolute Gasteiger partial charge is 0.0408 e. The Kier molecular flexibility index (Phi) is 3.44. The third-order valence-electron chi connectivity index (χ3n) is 1.52. The normalized spacial score (nSPS) is 10.0. The molecule has 0 aliphatic heterocycles. The SMILES string of the molecule is CCC[CH]c1cccc(Cl)c1. The van der Waals surface area contributed by atoms with Crippen molar-refractivity contribution in [3.05, 3.63) is 41.3 Å².